The van der Waals surface area contributed by atoms with Gasteiger partial charge in [0.05, 0.1) is 5.56 Å². The molecule has 0 spiro atoms. The molecule has 0 heterocycles. The van der Waals surface area contributed by atoms with Crippen molar-refractivity contribution >= 4 is 5.69 Å². The Bertz CT molecular complexity index is 632. The zero-order valence-electron chi connectivity index (χ0n) is 10.8. The Morgan fingerprint density at radius 2 is 1.80 bits per heavy atom. The summed E-state index contributed by atoms with van der Waals surface area (Å²) in [5.41, 5.74) is 6.98. The maximum Gasteiger partial charge on any atom is 0.416 e. The van der Waals surface area contributed by atoms with Gasteiger partial charge in [-0.05, 0) is 48.2 Å². The van der Waals surface area contributed by atoms with Crippen LogP contribution in [-0.2, 0) is 12.6 Å². The first-order valence-electron chi connectivity index (χ1n) is 5.98. The van der Waals surface area contributed by atoms with E-state index in [-0.39, 0.29) is 6.42 Å². The lowest BCUT2D eigenvalue weighted by molar-refractivity contribution is -0.137. The van der Waals surface area contributed by atoms with Gasteiger partial charge in [0.15, 0.2) is 0 Å². The van der Waals surface area contributed by atoms with Crippen LogP contribution in [0.4, 0.5) is 23.2 Å². The molecule has 0 aromatic heterocycles. The summed E-state index contributed by atoms with van der Waals surface area (Å²) in [6, 6.07) is 7.50. The summed E-state index contributed by atoms with van der Waals surface area (Å²) in [7, 11) is 0. The predicted molar refractivity (Wildman–Crippen MR) is 69.8 cm³/mol. The van der Waals surface area contributed by atoms with E-state index < -0.39 is 17.6 Å². The lowest BCUT2D eigenvalue weighted by Crippen LogP contribution is -2.06. The van der Waals surface area contributed by atoms with Crippen LogP contribution >= 0.6 is 0 Å². The Labute approximate surface area is 114 Å². The molecule has 2 rings (SSSR count). The van der Waals surface area contributed by atoms with Gasteiger partial charge in [0.25, 0.3) is 0 Å². The average Bonchev–Trinajstić information content (AvgIpc) is 2.35. The quantitative estimate of drug-likeness (QED) is 0.644. The van der Waals surface area contributed by atoms with E-state index in [0.29, 0.717) is 22.4 Å². The Morgan fingerprint density at radius 3 is 2.45 bits per heavy atom. The van der Waals surface area contributed by atoms with Crippen molar-refractivity contribution in [3.8, 4) is 0 Å². The van der Waals surface area contributed by atoms with Crippen molar-refractivity contribution in [2.45, 2.75) is 19.5 Å². The third-order valence-electron chi connectivity index (χ3n) is 3.17. The highest BCUT2D eigenvalue weighted by Gasteiger charge is 2.30. The van der Waals surface area contributed by atoms with Crippen molar-refractivity contribution in [2.75, 3.05) is 5.73 Å². The lowest BCUT2D eigenvalue weighted by atomic mass is 9.98. The number of anilines is 1. The molecule has 0 atom stereocenters. The van der Waals surface area contributed by atoms with Crippen molar-refractivity contribution < 1.29 is 17.6 Å². The number of hydrogen-bond donors (Lipinski definition) is 1. The molecular weight excluding hydrogens is 270 g/mol. The van der Waals surface area contributed by atoms with E-state index in [1.807, 2.05) is 0 Å². The monoisotopic (exact) mass is 283 g/mol. The smallest absolute Gasteiger partial charge is 0.398 e. The fourth-order valence-electron chi connectivity index (χ4n) is 2.02. The number of halogens is 4. The molecular formula is C15H13F4N. The van der Waals surface area contributed by atoms with E-state index in [2.05, 4.69) is 0 Å². The van der Waals surface area contributed by atoms with Crippen LogP contribution in [0.1, 0.15) is 22.3 Å². The normalized spacial score (nSPS) is 11.7. The van der Waals surface area contributed by atoms with Crippen molar-refractivity contribution in [3.63, 3.8) is 0 Å². The molecule has 0 aliphatic rings. The number of nitrogens with two attached hydrogens (primary N) is 1. The SMILES string of the molecule is Cc1c(N)cc(F)cc1Cc1cccc(C(F)(F)F)c1. The van der Waals surface area contributed by atoms with E-state index in [1.54, 1.807) is 13.0 Å². The van der Waals surface area contributed by atoms with Crippen molar-refractivity contribution in [2.24, 2.45) is 0 Å². The summed E-state index contributed by atoms with van der Waals surface area (Å²) in [4.78, 5) is 0. The average molecular weight is 283 g/mol. The van der Waals surface area contributed by atoms with Gasteiger partial charge < -0.3 is 5.73 Å². The van der Waals surface area contributed by atoms with Gasteiger partial charge in [-0.1, -0.05) is 18.2 Å². The lowest BCUT2D eigenvalue weighted by Gasteiger charge is -2.11. The van der Waals surface area contributed by atoms with Gasteiger partial charge >= 0.3 is 6.18 Å². The predicted octanol–water partition coefficient (Wildman–Crippen LogP) is 4.33. The molecule has 0 fully saturated rings. The fourth-order valence-corrected chi connectivity index (χ4v) is 2.02. The van der Waals surface area contributed by atoms with Gasteiger partial charge in [-0.15, -0.1) is 0 Å². The Kier molecular flexibility index (Phi) is 3.70. The van der Waals surface area contributed by atoms with Crippen LogP contribution < -0.4 is 5.73 Å². The Balaban J connectivity index is 2.36. The highest BCUT2D eigenvalue weighted by atomic mass is 19.4. The maximum absolute atomic E-state index is 13.3. The zero-order chi connectivity index (χ0) is 14.9. The minimum Gasteiger partial charge on any atom is -0.398 e. The third kappa shape index (κ3) is 3.10. The van der Waals surface area contributed by atoms with Gasteiger partial charge in [0.1, 0.15) is 5.82 Å². The highest BCUT2D eigenvalue weighted by molar-refractivity contribution is 5.51. The van der Waals surface area contributed by atoms with Crippen molar-refractivity contribution in [3.05, 3.63) is 64.5 Å². The van der Waals surface area contributed by atoms with Crippen LogP contribution in [0.5, 0.6) is 0 Å². The molecule has 0 saturated carbocycles. The molecule has 5 heteroatoms. The largest absolute Gasteiger partial charge is 0.416 e. The maximum atomic E-state index is 13.3. The highest BCUT2D eigenvalue weighted by Crippen LogP contribution is 2.30. The summed E-state index contributed by atoms with van der Waals surface area (Å²) >= 11 is 0. The molecule has 20 heavy (non-hydrogen) atoms. The molecule has 0 radical (unpaired) electrons. The van der Waals surface area contributed by atoms with Crippen LogP contribution in [0.25, 0.3) is 0 Å². The molecule has 106 valence electrons. The van der Waals surface area contributed by atoms with Crippen molar-refractivity contribution in [1.82, 2.24) is 0 Å². The number of hydrogen-bond acceptors (Lipinski definition) is 1. The van der Waals surface area contributed by atoms with E-state index in [4.69, 9.17) is 5.73 Å². The van der Waals surface area contributed by atoms with Crippen LogP contribution in [0.2, 0.25) is 0 Å². The summed E-state index contributed by atoms with van der Waals surface area (Å²) in [6.07, 6.45) is -4.18. The van der Waals surface area contributed by atoms with Gasteiger partial charge in [-0.25, -0.2) is 4.39 Å². The van der Waals surface area contributed by atoms with E-state index in [9.17, 15) is 17.6 Å². The second-order valence-electron chi connectivity index (χ2n) is 4.65. The molecule has 2 aromatic carbocycles. The molecule has 2 aromatic rings. The summed E-state index contributed by atoms with van der Waals surface area (Å²) < 4.78 is 51.2. The van der Waals surface area contributed by atoms with Crippen LogP contribution in [0, 0.1) is 12.7 Å². The Morgan fingerprint density at radius 1 is 1.10 bits per heavy atom. The fraction of sp³-hybridized carbons (Fsp3) is 0.200. The number of nitrogen functional groups attached to an aromatic ring is 1. The van der Waals surface area contributed by atoms with Gasteiger partial charge in [0, 0.05) is 5.69 Å². The molecule has 0 unspecified atom stereocenters. The first kappa shape index (κ1) is 14.4. The molecule has 2 N–H and O–H groups in total. The topological polar surface area (TPSA) is 26.0 Å². The van der Waals surface area contributed by atoms with Crippen LogP contribution in [-0.4, -0.2) is 0 Å². The number of alkyl halides is 3. The van der Waals surface area contributed by atoms with Gasteiger partial charge in [0.2, 0.25) is 0 Å². The van der Waals surface area contributed by atoms with Gasteiger partial charge in [-0.2, -0.15) is 13.2 Å². The summed E-state index contributed by atoms with van der Waals surface area (Å²) in [6.45, 7) is 1.72. The second-order valence-corrected chi connectivity index (χ2v) is 4.65. The zero-order valence-corrected chi connectivity index (χ0v) is 10.8. The molecule has 0 saturated heterocycles. The molecule has 0 aliphatic carbocycles. The molecule has 0 bridgehead atoms. The van der Waals surface area contributed by atoms with Crippen molar-refractivity contribution in [1.29, 1.82) is 0 Å². The van der Waals surface area contributed by atoms with E-state index in [1.165, 1.54) is 18.2 Å². The number of benzene rings is 2. The first-order chi connectivity index (χ1) is 9.27. The minimum absolute atomic E-state index is 0.206. The Hall–Kier alpha value is -2.04. The number of rotatable bonds is 2. The van der Waals surface area contributed by atoms with Crippen LogP contribution in [0.3, 0.4) is 0 Å². The summed E-state index contributed by atoms with van der Waals surface area (Å²) in [5, 5.41) is 0. The van der Waals surface area contributed by atoms with E-state index >= 15 is 0 Å². The second kappa shape index (κ2) is 5.15. The molecule has 1 nitrogen and oxygen atoms in total. The standard InChI is InChI=1S/C15H13F4N/c1-9-11(7-13(16)8-14(9)20)5-10-3-2-4-12(6-10)15(17,18)19/h2-4,6-8H,5,20H2,1H3. The molecule has 0 aliphatic heterocycles. The molecule has 0 amide bonds. The minimum atomic E-state index is -4.38. The third-order valence-corrected chi connectivity index (χ3v) is 3.17. The van der Waals surface area contributed by atoms with Crippen LogP contribution in [0.15, 0.2) is 36.4 Å². The first-order valence-corrected chi connectivity index (χ1v) is 5.98. The van der Waals surface area contributed by atoms with E-state index in [0.717, 1.165) is 12.1 Å². The van der Waals surface area contributed by atoms with Gasteiger partial charge in [-0.3, -0.25) is 0 Å². The summed E-state index contributed by atoms with van der Waals surface area (Å²) in [5.74, 6) is -0.491.